The van der Waals surface area contributed by atoms with Crippen LogP contribution < -0.4 is 26.5 Å². The number of carboxylic acid groups (broad SMARTS) is 1. The molecule has 0 aliphatic heterocycles. The number of hydrogen-bond donors (Lipinski definition) is 6. The van der Waals surface area contributed by atoms with Crippen LogP contribution in [0.15, 0.2) is 70.5 Å². The molecule has 0 saturated carbocycles. The number of rotatable bonds is 12. The topological polar surface area (TPSA) is 211 Å². The molecule has 4 rings (SSSR count). The Bertz CT molecular complexity index is 1920. The molecule has 0 aliphatic rings. The Hall–Kier alpha value is -5.15. The fourth-order valence-corrected chi connectivity index (χ4v) is 6.40. The fourth-order valence-electron chi connectivity index (χ4n) is 4.90. The summed E-state index contributed by atoms with van der Waals surface area (Å²) in [7, 11) is -4.33. The second-order valence-corrected chi connectivity index (χ2v) is 11.8. The quantitative estimate of drug-likeness (QED) is 0.0997. The third kappa shape index (κ3) is 6.90. The third-order valence-corrected chi connectivity index (χ3v) is 8.43. The van der Waals surface area contributed by atoms with Gasteiger partial charge in [0.15, 0.2) is 5.70 Å². The number of nitrogens with zero attached hydrogens (tertiary/aromatic N) is 3. The van der Waals surface area contributed by atoms with Crippen molar-refractivity contribution in [3.05, 3.63) is 98.9 Å². The zero-order valence-electron chi connectivity index (χ0n) is 24.3. The molecule has 2 aromatic carbocycles. The van der Waals surface area contributed by atoms with Crippen molar-refractivity contribution in [2.45, 2.75) is 45.2 Å². The smallest absolute Gasteiger partial charge is 0.354 e. The number of carbonyl (C=O) groups excluding carboxylic acids is 1. The largest absolute Gasteiger partial charge is 0.477 e. The molecule has 0 unspecified atom stereocenters. The summed E-state index contributed by atoms with van der Waals surface area (Å²) in [5.41, 5.74) is 6.99. The number of anilines is 1. The van der Waals surface area contributed by atoms with Crippen LogP contribution in [-0.4, -0.2) is 51.4 Å². The van der Waals surface area contributed by atoms with E-state index in [1.807, 2.05) is 11.6 Å². The molecule has 232 valence electrons. The van der Waals surface area contributed by atoms with Gasteiger partial charge in [-0.05, 0) is 62.6 Å². The number of amides is 1. The predicted octanol–water partition coefficient (Wildman–Crippen LogP) is 1.96. The molecule has 2 aromatic heterocycles. The first-order valence-corrected chi connectivity index (χ1v) is 15.0. The SMILES string of the molecule is Cc1cc(C)c(S(=O)(=O)NC(=CNC(=O)c2cn(CCCN)c3cc(CNc4nccn4O)ccc3c2=O)C(=O)O)c(C)c1. The minimum atomic E-state index is -4.33. The first kappa shape index (κ1) is 31.8. The Kier molecular flexibility index (Phi) is 9.40. The second kappa shape index (κ2) is 13.0. The highest BCUT2D eigenvalue weighted by Gasteiger charge is 2.24. The van der Waals surface area contributed by atoms with Crippen molar-refractivity contribution in [3.8, 4) is 0 Å². The molecule has 44 heavy (non-hydrogen) atoms. The number of hydrogen-bond acceptors (Lipinski definition) is 9. The van der Waals surface area contributed by atoms with Crippen LogP contribution in [-0.2, 0) is 27.9 Å². The van der Waals surface area contributed by atoms with Gasteiger partial charge in [-0.1, -0.05) is 23.8 Å². The number of aliphatic carboxylic acids is 1. The first-order valence-electron chi connectivity index (χ1n) is 13.5. The number of carboxylic acids is 1. The maximum atomic E-state index is 13.4. The van der Waals surface area contributed by atoms with E-state index in [0.717, 1.165) is 15.9 Å². The summed E-state index contributed by atoms with van der Waals surface area (Å²) in [4.78, 5) is 42.4. The number of carbonyl (C=O) groups is 2. The lowest BCUT2D eigenvalue weighted by atomic mass is 10.1. The summed E-state index contributed by atoms with van der Waals surface area (Å²) >= 11 is 0. The summed E-state index contributed by atoms with van der Waals surface area (Å²) in [5.74, 6) is -2.34. The van der Waals surface area contributed by atoms with Crippen LogP contribution in [0.5, 0.6) is 0 Å². The van der Waals surface area contributed by atoms with Gasteiger partial charge >= 0.3 is 5.97 Å². The molecule has 2 heterocycles. The number of pyridine rings is 1. The number of aryl methyl sites for hydroxylation is 4. The lowest BCUT2D eigenvalue weighted by molar-refractivity contribution is -0.132. The summed E-state index contributed by atoms with van der Waals surface area (Å²) < 4.78 is 30.8. The average Bonchev–Trinajstić information content (AvgIpc) is 3.37. The number of imidazole rings is 1. The van der Waals surface area contributed by atoms with Gasteiger partial charge in [0.2, 0.25) is 11.4 Å². The van der Waals surface area contributed by atoms with Crippen LogP contribution in [0, 0.1) is 20.8 Å². The van der Waals surface area contributed by atoms with E-state index in [4.69, 9.17) is 5.73 Å². The lowest BCUT2D eigenvalue weighted by Gasteiger charge is -2.15. The third-order valence-electron chi connectivity index (χ3n) is 6.76. The van der Waals surface area contributed by atoms with E-state index < -0.39 is 33.0 Å². The van der Waals surface area contributed by atoms with Crippen molar-refractivity contribution in [3.63, 3.8) is 0 Å². The highest BCUT2D eigenvalue weighted by Crippen LogP contribution is 2.22. The molecular formula is C29H33N7O7S. The summed E-state index contributed by atoms with van der Waals surface area (Å²) in [6, 6.07) is 8.33. The molecule has 0 saturated heterocycles. The van der Waals surface area contributed by atoms with Gasteiger partial charge in [-0.3, -0.25) is 14.3 Å². The van der Waals surface area contributed by atoms with E-state index in [2.05, 4.69) is 15.6 Å². The van der Waals surface area contributed by atoms with Gasteiger partial charge in [-0.25, -0.2) is 18.2 Å². The van der Waals surface area contributed by atoms with E-state index in [1.165, 1.54) is 18.6 Å². The van der Waals surface area contributed by atoms with Crippen LogP contribution >= 0.6 is 0 Å². The molecule has 4 aromatic rings. The van der Waals surface area contributed by atoms with Crippen molar-refractivity contribution in [2.24, 2.45) is 5.73 Å². The number of benzene rings is 2. The van der Waals surface area contributed by atoms with Crippen molar-refractivity contribution in [1.82, 2.24) is 24.3 Å². The predicted molar refractivity (Wildman–Crippen MR) is 163 cm³/mol. The highest BCUT2D eigenvalue weighted by molar-refractivity contribution is 7.89. The molecule has 1 amide bonds. The molecular weight excluding hydrogens is 590 g/mol. The van der Waals surface area contributed by atoms with Crippen LogP contribution in [0.3, 0.4) is 0 Å². The molecule has 0 bridgehead atoms. The Morgan fingerprint density at radius 3 is 2.43 bits per heavy atom. The fraction of sp³-hybridized carbons (Fsp3) is 0.241. The minimum Gasteiger partial charge on any atom is -0.477 e. The van der Waals surface area contributed by atoms with Crippen LogP contribution in [0.4, 0.5) is 5.95 Å². The Labute approximate surface area is 252 Å². The molecule has 0 atom stereocenters. The molecule has 7 N–H and O–H groups in total. The molecule has 0 aliphatic carbocycles. The zero-order valence-corrected chi connectivity index (χ0v) is 25.1. The maximum Gasteiger partial charge on any atom is 0.354 e. The van der Waals surface area contributed by atoms with Gasteiger partial charge in [0.05, 0.1) is 22.8 Å². The summed E-state index contributed by atoms with van der Waals surface area (Å²) in [5, 5.41) is 24.9. The maximum absolute atomic E-state index is 13.4. The zero-order chi connectivity index (χ0) is 32.2. The molecule has 14 nitrogen and oxygen atoms in total. The van der Waals surface area contributed by atoms with Gasteiger partial charge in [0, 0.05) is 30.9 Å². The first-order chi connectivity index (χ1) is 20.8. The molecule has 0 radical (unpaired) electrons. The second-order valence-electron chi connectivity index (χ2n) is 10.2. The standard InChI is InChI=1S/C29H33N7O7S/c1-17-11-18(2)26(19(3)12-17)44(42,43)34-23(28(39)40)15-32-27(38)22-16-35(9-4-7-30)24-13-20(5-6-21(24)25(22)37)14-33-29-31-8-10-36(29)41/h5-6,8,10-13,15-16,34,41H,4,7,9,14,30H2,1-3H3,(H,31,33)(H,32,38)(H,39,40). The molecule has 15 heteroatoms. The van der Waals surface area contributed by atoms with E-state index in [9.17, 15) is 33.1 Å². The Morgan fingerprint density at radius 2 is 1.82 bits per heavy atom. The minimum absolute atomic E-state index is 0.0740. The monoisotopic (exact) mass is 623 g/mol. The number of nitrogens with one attached hydrogen (secondary N) is 3. The highest BCUT2D eigenvalue weighted by atomic mass is 32.2. The van der Waals surface area contributed by atoms with Gasteiger partial charge in [0.25, 0.3) is 15.9 Å². The van der Waals surface area contributed by atoms with Crippen LogP contribution in [0.25, 0.3) is 10.9 Å². The Morgan fingerprint density at radius 1 is 1.11 bits per heavy atom. The van der Waals surface area contributed by atoms with Crippen LogP contribution in [0.2, 0.25) is 0 Å². The van der Waals surface area contributed by atoms with Gasteiger partial charge in [-0.15, -0.1) is 0 Å². The average molecular weight is 624 g/mol. The van der Waals surface area contributed by atoms with Crippen LogP contribution in [0.1, 0.15) is 39.0 Å². The number of fused-ring (bicyclic) bond motifs is 1. The van der Waals surface area contributed by atoms with E-state index >= 15 is 0 Å². The normalized spacial score (nSPS) is 11.9. The number of sulfonamides is 1. The number of nitrogens with two attached hydrogens (primary N) is 1. The lowest BCUT2D eigenvalue weighted by Crippen LogP contribution is -2.32. The summed E-state index contributed by atoms with van der Waals surface area (Å²) in [6.07, 6.45) is 5.39. The van der Waals surface area contributed by atoms with Gasteiger partial charge < -0.3 is 31.2 Å². The van der Waals surface area contributed by atoms with Crippen molar-refractivity contribution < 1.29 is 28.3 Å². The van der Waals surface area contributed by atoms with Gasteiger partial charge in [-0.2, -0.15) is 4.73 Å². The van der Waals surface area contributed by atoms with E-state index in [1.54, 1.807) is 48.7 Å². The van der Waals surface area contributed by atoms with E-state index in [0.29, 0.717) is 42.4 Å². The number of aromatic nitrogens is 3. The molecule has 0 fully saturated rings. The molecule has 0 spiro atoms. The van der Waals surface area contributed by atoms with Crippen molar-refractivity contribution in [2.75, 3.05) is 11.9 Å². The van der Waals surface area contributed by atoms with E-state index in [-0.39, 0.29) is 28.3 Å². The summed E-state index contributed by atoms with van der Waals surface area (Å²) in [6.45, 7) is 6.00. The van der Waals surface area contributed by atoms with Gasteiger partial charge in [0.1, 0.15) is 5.56 Å². The van der Waals surface area contributed by atoms with Crippen molar-refractivity contribution >= 4 is 38.8 Å². The Balaban J connectivity index is 1.64. The van der Waals surface area contributed by atoms with Crippen molar-refractivity contribution in [1.29, 1.82) is 0 Å².